The zero-order chi connectivity index (χ0) is 19.9. The third kappa shape index (κ3) is 5.39. The standard InChI is InChI=1S/C19H25F2N3O4/c20-19(21)28-16-6-2-1-5-15(16)18(26)22-12-17(25)24-7-3-4-14(24)13-23-8-10-27-11-9-23/h1-2,5-6,14,19H,3-4,7-13H2,(H,22,26)/t14-/m0/s1. The summed E-state index contributed by atoms with van der Waals surface area (Å²) in [5.41, 5.74) is -0.0260. The van der Waals surface area contributed by atoms with E-state index < -0.39 is 12.5 Å². The maximum atomic E-state index is 12.6. The molecule has 2 aliphatic rings. The van der Waals surface area contributed by atoms with Gasteiger partial charge >= 0.3 is 6.61 Å². The van der Waals surface area contributed by atoms with Crippen LogP contribution in [0.1, 0.15) is 23.2 Å². The number of likely N-dealkylation sites (tertiary alicyclic amines) is 1. The van der Waals surface area contributed by atoms with Crippen LogP contribution in [0.25, 0.3) is 0 Å². The quantitative estimate of drug-likeness (QED) is 0.752. The van der Waals surface area contributed by atoms with Crippen LogP contribution in [0.3, 0.4) is 0 Å². The molecule has 2 heterocycles. The Morgan fingerprint density at radius 1 is 1.21 bits per heavy atom. The summed E-state index contributed by atoms with van der Waals surface area (Å²) in [5.74, 6) is -1.00. The highest BCUT2D eigenvalue weighted by atomic mass is 19.3. The van der Waals surface area contributed by atoms with Gasteiger partial charge in [0.05, 0.1) is 25.3 Å². The monoisotopic (exact) mass is 397 g/mol. The van der Waals surface area contributed by atoms with E-state index in [-0.39, 0.29) is 29.8 Å². The van der Waals surface area contributed by atoms with Crippen LogP contribution in [0.5, 0.6) is 5.75 Å². The summed E-state index contributed by atoms with van der Waals surface area (Å²) in [5, 5.41) is 2.52. The first-order valence-electron chi connectivity index (χ1n) is 9.46. The predicted octanol–water partition coefficient (Wildman–Crippen LogP) is 1.34. The van der Waals surface area contributed by atoms with E-state index in [9.17, 15) is 18.4 Å². The van der Waals surface area contributed by atoms with Gasteiger partial charge in [-0.3, -0.25) is 14.5 Å². The molecule has 3 rings (SSSR count). The first-order chi connectivity index (χ1) is 13.5. The highest BCUT2D eigenvalue weighted by molar-refractivity contribution is 5.98. The van der Waals surface area contributed by atoms with Crippen molar-refractivity contribution in [2.75, 3.05) is 45.9 Å². The van der Waals surface area contributed by atoms with Gasteiger partial charge in [-0.1, -0.05) is 12.1 Å². The van der Waals surface area contributed by atoms with E-state index in [2.05, 4.69) is 15.0 Å². The number of alkyl halides is 2. The summed E-state index contributed by atoms with van der Waals surface area (Å²) < 4.78 is 34.7. The number of carbonyl (C=O) groups excluding carboxylic acids is 2. The molecule has 7 nitrogen and oxygen atoms in total. The minimum atomic E-state index is -3.03. The molecule has 1 atom stereocenters. The van der Waals surface area contributed by atoms with Gasteiger partial charge in [0, 0.05) is 32.2 Å². The van der Waals surface area contributed by atoms with Gasteiger partial charge < -0.3 is 19.7 Å². The number of rotatable bonds is 7. The smallest absolute Gasteiger partial charge is 0.387 e. The first-order valence-corrected chi connectivity index (χ1v) is 9.46. The number of nitrogens with zero attached hydrogens (tertiary/aromatic N) is 2. The average Bonchev–Trinajstić information content (AvgIpc) is 3.15. The topological polar surface area (TPSA) is 71.1 Å². The minimum absolute atomic E-state index is 0.0260. The Morgan fingerprint density at radius 3 is 2.71 bits per heavy atom. The third-order valence-corrected chi connectivity index (χ3v) is 5.02. The van der Waals surface area contributed by atoms with E-state index >= 15 is 0 Å². The van der Waals surface area contributed by atoms with E-state index in [1.165, 1.54) is 18.2 Å². The van der Waals surface area contributed by atoms with Gasteiger partial charge in [0.1, 0.15) is 5.75 Å². The Hall–Kier alpha value is -2.26. The van der Waals surface area contributed by atoms with E-state index in [0.717, 1.165) is 32.5 Å². The number of morpholine rings is 1. The number of hydrogen-bond donors (Lipinski definition) is 1. The fourth-order valence-electron chi connectivity index (χ4n) is 3.64. The van der Waals surface area contributed by atoms with Crippen molar-refractivity contribution in [1.82, 2.24) is 15.1 Å². The van der Waals surface area contributed by atoms with Gasteiger partial charge in [-0.05, 0) is 25.0 Å². The van der Waals surface area contributed by atoms with Gasteiger partial charge in [0.25, 0.3) is 5.91 Å². The van der Waals surface area contributed by atoms with Crippen LogP contribution in [-0.4, -0.2) is 80.2 Å². The van der Waals surface area contributed by atoms with Gasteiger partial charge in [-0.25, -0.2) is 0 Å². The molecule has 1 aromatic carbocycles. The molecule has 28 heavy (non-hydrogen) atoms. The molecule has 1 aromatic rings. The maximum Gasteiger partial charge on any atom is 0.387 e. The van der Waals surface area contributed by atoms with Crippen LogP contribution in [0, 0.1) is 0 Å². The zero-order valence-corrected chi connectivity index (χ0v) is 15.6. The highest BCUT2D eigenvalue weighted by Gasteiger charge is 2.30. The summed E-state index contributed by atoms with van der Waals surface area (Å²) >= 11 is 0. The molecule has 0 radical (unpaired) electrons. The van der Waals surface area contributed by atoms with Crippen molar-refractivity contribution in [2.45, 2.75) is 25.5 Å². The second-order valence-corrected chi connectivity index (χ2v) is 6.85. The summed E-state index contributed by atoms with van der Waals surface area (Å²) in [7, 11) is 0. The molecule has 154 valence electrons. The molecule has 0 saturated carbocycles. The molecule has 0 aliphatic carbocycles. The minimum Gasteiger partial charge on any atom is -0.434 e. The number of hydrogen-bond acceptors (Lipinski definition) is 5. The summed E-state index contributed by atoms with van der Waals surface area (Å²) in [6.07, 6.45) is 1.86. The second-order valence-electron chi connectivity index (χ2n) is 6.85. The van der Waals surface area contributed by atoms with Gasteiger partial charge in [-0.15, -0.1) is 0 Å². The number of ether oxygens (including phenoxy) is 2. The predicted molar refractivity (Wildman–Crippen MR) is 97.4 cm³/mol. The number of nitrogens with one attached hydrogen (secondary N) is 1. The van der Waals surface area contributed by atoms with Crippen LogP contribution in [0.2, 0.25) is 0 Å². The van der Waals surface area contributed by atoms with Crippen molar-refractivity contribution in [3.05, 3.63) is 29.8 Å². The number of halogens is 2. The summed E-state index contributed by atoms with van der Waals surface area (Å²) in [4.78, 5) is 29.0. The fourth-order valence-corrected chi connectivity index (χ4v) is 3.64. The van der Waals surface area contributed by atoms with Crippen molar-refractivity contribution in [3.8, 4) is 5.75 Å². The van der Waals surface area contributed by atoms with Gasteiger partial charge in [0.2, 0.25) is 5.91 Å². The van der Waals surface area contributed by atoms with Crippen molar-refractivity contribution in [3.63, 3.8) is 0 Å². The SMILES string of the molecule is O=C(NCC(=O)N1CCC[C@H]1CN1CCOCC1)c1ccccc1OC(F)F. The lowest BCUT2D eigenvalue weighted by Gasteiger charge is -2.33. The van der Waals surface area contributed by atoms with E-state index in [0.29, 0.717) is 19.8 Å². The molecule has 1 N–H and O–H groups in total. The number of amides is 2. The Balaban J connectivity index is 1.53. The lowest BCUT2D eigenvalue weighted by atomic mass is 10.2. The molecule has 0 spiro atoms. The molecule has 0 unspecified atom stereocenters. The number of benzene rings is 1. The van der Waals surface area contributed by atoms with Crippen LogP contribution in [0.15, 0.2) is 24.3 Å². The van der Waals surface area contributed by atoms with E-state index in [4.69, 9.17) is 4.74 Å². The van der Waals surface area contributed by atoms with E-state index in [1.54, 1.807) is 11.0 Å². The normalized spacial score (nSPS) is 20.4. The van der Waals surface area contributed by atoms with Crippen LogP contribution in [0.4, 0.5) is 8.78 Å². The van der Waals surface area contributed by atoms with Crippen molar-refractivity contribution in [1.29, 1.82) is 0 Å². The fraction of sp³-hybridized carbons (Fsp3) is 0.579. The highest BCUT2D eigenvalue weighted by Crippen LogP contribution is 2.21. The maximum absolute atomic E-state index is 12.6. The van der Waals surface area contributed by atoms with Crippen LogP contribution < -0.4 is 10.1 Å². The molecule has 0 aromatic heterocycles. The van der Waals surface area contributed by atoms with Crippen molar-refractivity contribution < 1.29 is 27.8 Å². The largest absolute Gasteiger partial charge is 0.434 e. The number of carbonyl (C=O) groups is 2. The van der Waals surface area contributed by atoms with Gasteiger partial charge in [-0.2, -0.15) is 8.78 Å². The van der Waals surface area contributed by atoms with Gasteiger partial charge in [0.15, 0.2) is 0 Å². The Kier molecular flexibility index (Phi) is 7.16. The lowest BCUT2D eigenvalue weighted by molar-refractivity contribution is -0.131. The molecule has 2 aliphatic heterocycles. The average molecular weight is 397 g/mol. The van der Waals surface area contributed by atoms with Crippen molar-refractivity contribution in [2.24, 2.45) is 0 Å². The Bertz CT molecular complexity index is 683. The first kappa shape index (κ1) is 20.5. The molecular weight excluding hydrogens is 372 g/mol. The van der Waals surface area contributed by atoms with E-state index in [1.807, 2.05) is 0 Å². The molecule has 9 heteroatoms. The Labute approximate surface area is 162 Å². The second kappa shape index (κ2) is 9.79. The van der Waals surface area contributed by atoms with Crippen molar-refractivity contribution >= 4 is 11.8 Å². The molecular formula is C19H25F2N3O4. The third-order valence-electron chi connectivity index (χ3n) is 5.02. The molecule has 2 amide bonds. The van der Waals surface area contributed by atoms with Crippen LogP contribution >= 0.6 is 0 Å². The number of para-hydroxylation sites is 1. The summed E-state index contributed by atoms with van der Waals surface area (Å²) in [6.45, 7) is 1.38. The Morgan fingerprint density at radius 2 is 1.96 bits per heavy atom. The molecule has 2 saturated heterocycles. The lowest BCUT2D eigenvalue weighted by Crippen LogP contribution is -2.49. The van der Waals surface area contributed by atoms with Crippen LogP contribution in [-0.2, 0) is 9.53 Å². The molecule has 2 fully saturated rings. The summed E-state index contributed by atoms with van der Waals surface area (Å²) in [6, 6.07) is 5.85. The molecule has 0 bridgehead atoms. The zero-order valence-electron chi connectivity index (χ0n) is 15.6.